The van der Waals surface area contributed by atoms with E-state index in [1.807, 2.05) is 30.5 Å². The highest BCUT2D eigenvalue weighted by Crippen LogP contribution is 2.22. The molecule has 0 radical (unpaired) electrons. The van der Waals surface area contributed by atoms with Crippen molar-refractivity contribution in [1.29, 1.82) is 0 Å². The molecule has 140 valence electrons. The van der Waals surface area contributed by atoms with E-state index in [1.165, 1.54) is 7.11 Å². The maximum absolute atomic E-state index is 12.3. The number of amides is 1. The SMILES string of the molecule is COC(=O)CC(NC(=O)CC1COCCN1)c1ccc(SC)cc1.Cl. The first-order valence-corrected chi connectivity index (χ1v) is 9.16. The molecule has 25 heavy (non-hydrogen) atoms. The lowest BCUT2D eigenvalue weighted by molar-refractivity contribution is -0.141. The fourth-order valence-electron chi connectivity index (χ4n) is 2.57. The van der Waals surface area contributed by atoms with Crippen molar-refractivity contribution >= 4 is 36.0 Å². The van der Waals surface area contributed by atoms with Crippen LogP contribution < -0.4 is 10.6 Å². The zero-order valence-corrected chi connectivity index (χ0v) is 16.1. The maximum atomic E-state index is 12.3. The van der Waals surface area contributed by atoms with Crippen LogP contribution in [-0.4, -0.2) is 51.0 Å². The summed E-state index contributed by atoms with van der Waals surface area (Å²) in [6.07, 6.45) is 2.43. The Morgan fingerprint density at radius 1 is 1.40 bits per heavy atom. The fourth-order valence-corrected chi connectivity index (χ4v) is 2.97. The van der Waals surface area contributed by atoms with Gasteiger partial charge in [-0.15, -0.1) is 24.2 Å². The predicted molar refractivity (Wildman–Crippen MR) is 100 cm³/mol. The maximum Gasteiger partial charge on any atom is 0.307 e. The number of morpholine rings is 1. The molecular formula is C17H25ClN2O4S. The molecule has 0 aromatic heterocycles. The molecule has 1 fully saturated rings. The Kier molecular flexibility index (Phi) is 9.89. The van der Waals surface area contributed by atoms with E-state index in [0.717, 1.165) is 17.0 Å². The summed E-state index contributed by atoms with van der Waals surface area (Å²) in [6, 6.07) is 7.44. The Bertz CT molecular complexity index is 550. The number of thioether (sulfide) groups is 1. The Labute approximate surface area is 158 Å². The van der Waals surface area contributed by atoms with Crippen LogP contribution in [0.3, 0.4) is 0 Å². The first kappa shape index (κ1) is 21.8. The number of carbonyl (C=O) groups excluding carboxylic acids is 2. The number of esters is 1. The second-order valence-corrected chi connectivity index (χ2v) is 6.48. The van der Waals surface area contributed by atoms with E-state index >= 15 is 0 Å². The van der Waals surface area contributed by atoms with E-state index < -0.39 is 6.04 Å². The van der Waals surface area contributed by atoms with Gasteiger partial charge in [-0.3, -0.25) is 9.59 Å². The van der Waals surface area contributed by atoms with Crippen LogP contribution in [0.4, 0.5) is 0 Å². The number of methoxy groups -OCH3 is 1. The molecule has 1 heterocycles. The fraction of sp³-hybridized carbons (Fsp3) is 0.529. The van der Waals surface area contributed by atoms with Gasteiger partial charge < -0.3 is 20.1 Å². The number of nitrogens with one attached hydrogen (secondary N) is 2. The molecule has 0 spiro atoms. The normalized spacial score (nSPS) is 17.9. The van der Waals surface area contributed by atoms with Crippen molar-refractivity contribution in [1.82, 2.24) is 10.6 Å². The van der Waals surface area contributed by atoms with Gasteiger partial charge in [0.25, 0.3) is 0 Å². The molecule has 1 aliphatic rings. The summed E-state index contributed by atoms with van der Waals surface area (Å²) in [4.78, 5) is 25.1. The summed E-state index contributed by atoms with van der Waals surface area (Å²) in [6.45, 7) is 1.95. The second-order valence-electron chi connectivity index (χ2n) is 5.60. The first-order valence-electron chi connectivity index (χ1n) is 7.93. The molecule has 0 bridgehead atoms. The van der Waals surface area contributed by atoms with Crippen molar-refractivity contribution in [2.24, 2.45) is 0 Å². The number of rotatable bonds is 7. The average Bonchev–Trinajstić information content (AvgIpc) is 2.62. The summed E-state index contributed by atoms with van der Waals surface area (Å²) >= 11 is 1.64. The molecule has 2 unspecified atom stereocenters. The van der Waals surface area contributed by atoms with Gasteiger partial charge in [0, 0.05) is 23.9 Å². The minimum Gasteiger partial charge on any atom is -0.469 e. The van der Waals surface area contributed by atoms with E-state index in [-0.39, 0.29) is 36.7 Å². The van der Waals surface area contributed by atoms with Gasteiger partial charge in [0.15, 0.2) is 0 Å². The van der Waals surface area contributed by atoms with E-state index in [0.29, 0.717) is 19.6 Å². The number of benzene rings is 1. The van der Waals surface area contributed by atoms with Gasteiger partial charge in [-0.05, 0) is 24.0 Å². The molecule has 1 aromatic rings. The molecule has 2 rings (SSSR count). The minimum atomic E-state index is -0.398. The summed E-state index contributed by atoms with van der Waals surface area (Å²) in [5, 5.41) is 6.19. The summed E-state index contributed by atoms with van der Waals surface area (Å²) in [5.74, 6) is -0.464. The van der Waals surface area contributed by atoms with Gasteiger partial charge in [0.1, 0.15) is 0 Å². The van der Waals surface area contributed by atoms with Gasteiger partial charge in [0.05, 0.1) is 32.8 Å². The molecule has 1 amide bonds. The molecule has 8 heteroatoms. The smallest absolute Gasteiger partial charge is 0.307 e. The lowest BCUT2D eigenvalue weighted by Crippen LogP contribution is -2.44. The molecular weight excluding hydrogens is 364 g/mol. The standard InChI is InChI=1S/C17H24N2O4S.ClH/c1-22-17(21)10-15(12-3-5-14(24-2)6-4-12)19-16(20)9-13-11-23-8-7-18-13;/h3-6,13,15,18H,7-11H2,1-2H3,(H,19,20);1H. The van der Waals surface area contributed by atoms with Gasteiger partial charge in [-0.1, -0.05) is 12.1 Å². The molecule has 2 atom stereocenters. The minimum absolute atomic E-state index is 0. The Balaban J connectivity index is 0.00000312. The average molecular weight is 389 g/mol. The molecule has 0 aliphatic carbocycles. The summed E-state index contributed by atoms with van der Waals surface area (Å²) < 4.78 is 10.1. The number of hydrogen-bond donors (Lipinski definition) is 2. The van der Waals surface area contributed by atoms with E-state index in [9.17, 15) is 9.59 Å². The zero-order chi connectivity index (χ0) is 17.4. The van der Waals surface area contributed by atoms with Crippen LogP contribution in [0.15, 0.2) is 29.2 Å². The third kappa shape index (κ3) is 7.23. The van der Waals surface area contributed by atoms with Crippen LogP contribution in [0.5, 0.6) is 0 Å². The largest absolute Gasteiger partial charge is 0.469 e. The highest BCUT2D eigenvalue weighted by molar-refractivity contribution is 7.98. The van der Waals surface area contributed by atoms with Gasteiger partial charge in [0.2, 0.25) is 5.91 Å². The molecule has 1 saturated heterocycles. The van der Waals surface area contributed by atoms with Crippen molar-refractivity contribution in [3.63, 3.8) is 0 Å². The topological polar surface area (TPSA) is 76.7 Å². The zero-order valence-electron chi connectivity index (χ0n) is 14.4. The van der Waals surface area contributed by atoms with E-state index in [4.69, 9.17) is 9.47 Å². The van der Waals surface area contributed by atoms with E-state index in [1.54, 1.807) is 11.8 Å². The van der Waals surface area contributed by atoms with Crippen molar-refractivity contribution in [2.75, 3.05) is 33.1 Å². The highest BCUT2D eigenvalue weighted by Gasteiger charge is 2.22. The van der Waals surface area contributed by atoms with E-state index in [2.05, 4.69) is 10.6 Å². The van der Waals surface area contributed by atoms with Crippen LogP contribution in [0.2, 0.25) is 0 Å². The third-order valence-corrected chi connectivity index (χ3v) is 4.63. The lowest BCUT2D eigenvalue weighted by Gasteiger charge is -2.25. The van der Waals surface area contributed by atoms with Gasteiger partial charge in [-0.2, -0.15) is 0 Å². The molecule has 1 aromatic carbocycles. The number of ether oxygens (including phenoxy) is 2. The Hall–Kier alpha value is -1.28. The number of carbonyl (C=O) groups is 2. The quantitative estimate of drug-likeness (QED) is 0.549. The summed E-state index contributed by atoms with van der Waals surface area (Å²) in [5.41, 5.74) is 0.888. The van der Waals surface area contributed by atoms with Gasteiger partial charge in [-0.25, -0.2) is 0 Å². The molecule has 6 nitrogen and oxygen atoms in total. The van der Waals surface area contributed by atoms with Gasteiger partial charge >= 0.3 is 5.97 Å². The van der Waals surface area contributed by atoms with Crippen molar-refractivity contribution in [2.45, 2.75) is 29.8 Å². The van der Waals surface area contributed by atoms with Crippen LogP contribution in [-0.2, 0) is 19.1 Å². The molecule has 1 aliphatic heterocycles. The van der Waals surface area contributed by atoms with Crippen LogP contribution in [0, 0.1) is 0 Å². The molecule has 0 saturated carbocycles. The first-order chi connectivity index (χ1) is 11.6. The monoisotopic (exact) mass is 388 g/mol. The van der Waals surface area contributed by atoms with Crippen molar-refractivity contribution < 1.29 is 19.1 Å². The number of hydrogen-bond acceptors (Lipinski definition) is 6. The molecule has 2 N–H and O–H groups in total. The predicted octanol–water partition coefficient (Wildman–Crippen LogP) is 1.93. The lowest BCUT2D eigenvalue weighted by atomic mass is 10.0. The van der Waals surface area contributed by atoms with Crippen molar-refractivity contribution in [3.8, 4) is 0 Å². The Morgan fingerprint density at radius 3 is 2.68 bits per heavy atom. The Morgan fingerprint density at radius 2 is 2.12 bits per heavy atom. The van der Waals surface area contributed by atoms with Crippen LogP contribution in [0.1, 0.15) is 24.4 Å². The number of halogens is 1. The highest BCUT2D eigenvalue weighted by atomic mass is 35.5. The summed E-state index contributed by atoms with van der Waals surface area (Å²) in [7, 11) is 1.35. The second kappa shape index (κ2) is 11.4. The van der Waals surface area contributed by atoms with Crippen LogP contribution >= 0.6 is 24.2 Å². The van der Waals surface area contributed by atoms with Crippen LogP contribution in [0.25, 0.3) is 0 Å². The van der Waals surface area contributed by atoms with Crippen molar-refractivity contribution in [3.05, 3.63) is 29.8 Å². The third-order valence-electron chi connectivity index (χ3n) is 3.88.